The first-order valence-corrected chi connectivity index (χ1v) is 5.67. The third-order valence-corrected chi connectivity index (χ3v) is 3.50. The Morgan fingerprint density at radius 2 is 1.77 bits per heavy atom. The summed E-state index contributed by atoms with van der Waals surface area (Å²) in [4.78, 5) is 2.69. The summed E-state index contributed by atoms with van der Waals surface area (Å²) in [5, 5.41) is 0. The van der Waals surface area contributed by atoms with Crippen molar-refractivity contribution in [1.82, 2.24) is 4.90 Å². The first-order valence-electron chi connectivity index (χ1n) is 5.67. The molecule has 0 radical (unpaired) electrons. The van der Waals surface area contributed by atoms with E-state index in [0.29, 0.717) is 11.5 Å². The maximum Gasteiger partial charge on any atom is 0.0392 e. The largest absolute Gasteiger partial charge is 0.294 e. The van der Waals surface area contributed by atoms with Crippen molar-refractivity contribution in [2.45, 2.75) is 45.1 Å². The molecule has 2 fully saturated rings. The van der Waals surface area contributed by atoms with Crippen LogP contribution in [0.1, 0.15) is 39.5 Å². The van der Waals surface area contributed by atoms with Gasteiger partial charge in [-0.15, -0.1) is 0 Å². The summed E-state index contributed by atoms with van der Waals surface area (Å²) in [7, 11) is 0. The molecule has 1 nitrogen and oxygen atoms in total. The number of fused-ring (bicyclic) bond motifs is 1. The Labute approximate surface area is 81.8 Å². The summed E-state index contributed by atoms with van der Waals surface area (Å²) < 4.78 is 0. The highest BCUT2D eigenvalue weighted by Crippen LogP contribution is 2.39. The summed E-state index contributed by atoms with van der Waals surface area (Å²) in [5.74, 6) is 0.706. The van der Waals surface area contributed by atoms with Gasteiger partial charge in [-0.1, -0.05) is 26.0 Å². The average molecular weight is 179 g/mol. The second-order valence-corrected chi connectivity index (χ2v) is 4.90. The number of rotatable bonds is 2. The van der Waals surface area contributed by atoms with Crippen LogP contribution in [0.25, 0.3) is 0 Å². The smallest absolute Gasteiger partial charge is 0.0392 e. The van der Waals surface area contributed by atoms with Crippen LogP contribution < -0.4 is 0 Å². The Morgan fingerprint density at radius 3 is 2.31 bits per heavy atom. The topological polar surface area (TPSA) is 3.24 Å². The molecule has 0 saturated carbocycles. The van der Waals surface area contributed by atoms with Gasteiger partial charge in [-0.05, 0) is 44.7 Å². The predicted octanol–water partition coefficient (Wildman–Crippen LogP) is 2.83. The molecule has 0 spiro atoms. The molecule has 0 aromatic heterocycles. The molecule has 0 aromatic carbocycles. The van der Waals surface area contributed by atoms with Gasteiger partial charge in [0, 0.05) is 5.54 Å². The molecule has 74 valence electrons. The van der Waals surface area contributed by atoms with Gasteiger partial charge >= 0.3 is 0 Å². The average Bonchev–Trinajstić information content (AvgIpc) is 2.57. The van der Waals surface area contributed by atoms with Crippen LogP contribution in [0.5, 0.6) is 0 Å². The van der Waals surface area contributed by atoms with Crippen molar-refractivity contribution in [3.63, 3.8) is 0 Å². The lowest BCUT2D eigenvalue weighted by Crippen LogP contribution is -2.35. The number of hydrogen-bond acceptors (Lipinski definition) is 1. The minimum atomic E-state index is 0.490. The molecule has 0 bridgehead atoms. The molecule has 0 N–H and O–H groups in total. The molecule has 0 unspecified atom stereocenters. The van der Waals surface area contributed by atoms with Gasteiger partial charge in [0.15, 0.2) is 0 Å². The molecule has 0 aliphatic carbocycles. The van der Waals surface area contributed by atoms with Gasteiger partial charge in [-0.25, -0.2) is 0 Å². The lowest BCUT2D eigenvalue weighted by molar-refractivity contribution is 0.249. The Morgan fingerprint density at radius 1 is 1.15 bits per heavy atom. The Hall–Kier alpha value is -0.300. The lowest BCUT2D eigenvalue weighted by Gasteiger charge is -2.28. The van der Waals surface area contributed by atoms with E-state index in [2.05, 4.69) is 30.9 Å². The van der Waals surface area contributed by atoms with Crippen LogP contribution in [0.2, 0.25) is 0 Å². The van der Waals surface area contributed by atoms with E-state index in [4.69, 9.17) is 0 Å². The zero-order valence-electron chi connectivity index (χ0n) is 8.92. The number of allylic oxidation sites excluding steroid dienone is 1. The molecule has 2 aliphatic heterocycles. The summed E-state index contributed by atoms with van der Waals surface area (Å²) >= 11 is 0. The fourth-order valence-electron chi connectivity index (χ4n) is 2.79. The second kappa shape index (κ2) is 3.45. The Kier molecular flexibility index (Phi) is 2.46. The summed E-state index contributed by atoms with van der Waals surface area (Å²) in [6, 6.07) is 0. The van der Waals surface area contributed by atoms with Gasteiger partial charge in [0.1, 0.15) is 0 Å². The molecule has 1 heteroatoms. The van der Waals surface area contributed by atoms with E-state index in [1.807, 2.05) is 0 Å². The highest BCUT2D eigenvalue weighted by molar-refractivity contribution is 5.13. The molecule has 13 heavy (non-hydrogen) atoms. The van der Waals surface area contributed by atoms with Crippen LogP contribution in [0, 0.1) is 5.92 Å². The van der Waals surface area contributed by atoms with Crippen LogP contribution in [0.4, 0.5) is 0 Å². The Balaban J connectivity index is 2.09. The van der Waals surface area contributed by atoms with Crippen LogP contribution in [-0.4, -0.2) is 23.5 Å². The van der Waals surface area contributed by atoms with E-state index in [1.54, 1.807) is 0 Å². The van der Waals surface area contributed by atoms with E-state index < -0.39 is 0 Å². The molecule has 2 aliphatic rings. The lowest BCUT2D eigenvalue weighted by atomic mass is 9.92. The van der Waals surface area contributed by atoms with Crippen molar-refractivity contribution in [1.29, 1.82) is 0 Å². The zero-order valence-corrected chi connectivity index (χ0v) is 8.92. The number of hydrogen-bond donors (Lipinski definition) is 0. The van der Waals surface area contributed by atoms with Gasteiger partial charge in [0.2, 0.25) is 0 Å². The van der Waals surface area contributed by atoms with Crippen LogP contribution in [0.3, 0.4) is 0 Å². The molecule has 2 saturated heterocycles. The van der Waals surface area contributed by atoms with Crippen LogP contribution in [-0.2, 0) is 0 Å². The van der Waals surface area contributed by atoms with E-state index in [9.17, 15) is 0 Å². The second-order valence-electron chi connectivity index (χ2n) is 4.90. The molecule has 0 aromatic rings. The molecule has 2 heterocycles. The quantitative estimate of drug-likeness (QED) is 0.589. The maximum atomic E-state index is 2.69. The third-order valence-electron chi connectivity index (χ3n) is 3.50. The van der Waals surface area contributed by atoms with Crippen LogP contribution >= 0.6 is 0 Å². The van der Waals surface area contributed by atoms with Crippen molar-refractivity contribution < 1.29 is 0 Å². The summed E-state index contributed by atoms with van der Waals surface area (Å²) in [6.45, 7) is 7.20. The standard InChI is InChI=1S/C12H21N/c1-11(2)5-8-12-6-3-9-13(12)10-4-7-12/h5,8,11H,3-4,6-7,9-10H2,1-2H3/b8-5+. The molecular formula is C12H21N. The maximum absolute atomic E-state index is 2.69. The van der Waals surface area contributed by atoms with Gasteiger partial charge in [0.25, 0.3) is 0 Å². The monoisotopic (exact) mass is 179 g/mol. The zero-order chi connectivity index (χ0) is 9.31. The van der Waals surface area contributed by atoms with Crippen LogP contribution in [0.15, 0.2) is 12.2 Å². The predicted molar refractivity (Wildman–Crippen MR) is 56.8 cm³/mol. The van der Waals surface area contributed by atoms with Gasteiger partial charge in [0.05, 0.1) is 0 Å². The summed E-state index contributed by atoms with van der Waals surface area (Å²) in [5.41, 5.74) is 0.490. The first kappa shape index (κ1) is 9.26. The van der Waals surface area contributed by atoms with Crippen molar-refractivity contribution in [2.75, 3.05) is 13.1 Å². The summed E-state index contributed by atoms with van der Waals surface area (Å²) in [6.07, 6.45) is 10.5. The minimum Gasteiger partial charge on any atom is -0.294 e. The van der Waals surface area contributed by atoms with E-state index in [-0.39, 0.29) is 0 Å². The fraction of sp³-hybridized carbons (Fsp3) is 0.833. The molecular weight excluding hydrogens is 158 g/mol. The highest BCUT2D eigenvalue weighted by Gasteiger charge is 2.41. The fourth-order valence-corrected chi connectivity index (χ4v) is 2.79. The molecule has 0 amide bonds. The number of nitrogens with zero attached hydrogens (tertiary/aromatic N) is 1. The van der Waals surface area contributed by atoms with E-state index in [0.717, 1.165) is 0 Å². The van der Waals surface area contributed by atoms with Crippen molar-refractivity contribution in [2.24, 2.45) is 5.92 Å². The third kappa shape index (κ3) is 1.67. The van der Waals surface area contributed by atoms with E-state index >= 15 is 0 Å². The van der Waals surface area contributed by atoms with Gasteiger partial charge in [-0.3, -0.25) is 4.90 Å². The normalized spacial score (nSPS) is 27.6. The Bertz CT molecular complexity index is 195. The van der Waals surface area contributed by atoms with Gasteiger partial charge in [-0.2, -0.15) is 0 Å². The van der Waals surface area contributed by atoms with E-state index in [1.165, 1.54) is 38.8 Å². The van der Waals surface area contributed by atoms with Gasteiger partial charge < -0.3 is 0 Å². The van der Waals surface area contributed by atoms with Crippen molar-refractivity contribution in [3.8, 4) is 0 Å². The first-order chi connectivity index (χ1) is 6.23. The molecule has 0 atom stereocenters. The van der Waals surface area contributed by atoms with Crippen molar-refractivity contribution in [3.05, 3.63) is 12.2 Å². The molecule has 2 rings (SSSR count). The SMILES string of the molecule is CC(C)/C=C/C12CCCN1CCC2. The highest BCUT2D eigenvalue weighted by atomic mass is 15.2. The van der Waals surface area contributed by atoms with Crippen molar-refractivity contribution >= 4 is 0 Å². The minimum absolute atomic E-state index is 0.490.